The van der Waals surface area contributed by atoms with E-state index in [1.807, 2.05) is 53.2 Å². The van der Waals surface area contributed by atoms with Crippen molar-refractivity contribution in [1.82, 2.24) is 24.3 Å². The average molecular weight is 470 g/mol. The number of ether oxygens (including phenoxy) is 1. The molecule has 0 bridgehead atoms. The molecule has 2 amide bonds. The van der Waals surface area contributed by atoms with E-state index in [2.05, 4.69) is 16.0 Å². The van der Waals surface area contributed by atoms with E-state index in [4.69, 9.17) is 4.74 Å². The van der Waals surface area contributed by atoms with E-state index in [-0.39, 0.29) is 18.4 Å². The second-order valence-corrected chi connectivity index (χ2v) is 9.14. The van der Waals surface area contributed by atoms with Crippen LogP contribution < -0.4 is 4.74 Å². The normalized spacial score (nSPS) is 19.7. The number of methoxy groups -OCH3 is 1. The molecule has 35 heavy (non-hydrogen) atoms. The molecule has 0 aliphatic carbocycles. The van der Waals surface area contributed by atoms with Crippen LogP contribution in [0.2, 0.25) is 0 Å². The number of aromatic amines is 1. The van der Waals surface area contributed by atoms with Gasteiger partial charge in [-0.3, -0.25) is 9.59 Å². The van der Waals surface area contributed by atoms with Gasteiger partial charge >= 0.3 is 0 Å². The van der Waals surface area contributed by atoms with E-state index in [0.29, 0.717) is 18.7 Å². The Hall–Kier alpha value is -4.07. The van der Waals surface area contributed by atoms with Crippen molar-refractivity contribution in [1.29, 1.82) is 0 Å². The first-order chi connectivity index (χ1) is 17.2. The van der Waals surface area contributed by atoms with E-state index >= 15 is 0 Å². The van der Waals surface area contributed by atoms with Crippen molar-refractivity contribution in [2.75, 3.05) is 20.2 Å². The van der Waals surface area contributed by atoms with Gasteiger partial charge in [-0.15, -0.1) is 0 Å². The summed E-state index contributed by atoms with van der Waals surface area (Å²) >= 11 is 0. The predicted octanol–water partition coefficient (Wildman–Crippen LogP) is 3.15. The molecule has 0 unspecified atom stereocenters. The van der Waals surface area contributed by atoms with E-state index in [0.717, 1.165) is 40.7 Å². The lowest BCUT2D eigenvalue weighted by Gasteiger charge is -2.47. The fourth-order valence-corrected chi connectivity index (χ4v) is 5.59. The Bertz CT molecular complexity index is 1390. The highest BCUT2D eigenvalue weighted by Gasteiger charge is 2.48. The molecular weight excluding hydrogens is 442 g/mol. The van der Waals surface area contributed by atoms with Gasteiger partial charge in [-0.1, -0.05) is 36.4 Å². The van der Waals surface area contributed by atoms with Crippen molar-refractivity contribution in [3.8, 4) is 5.75 Å². The number of imidazole rings is 1. The number of carbonyl (C=O) groups is 2. The Morgan fingerprint density at radius 1 is 1.09 bits per heavy atom. The third-order valence-corrected chi connectivity index (χ3v) is 7.18. The molecule has 8 heteroatoms. The van der Waals surface area contributed by atoms with Crippen molar-refractivity contribution in [3.05, 3.63) is 84.1 Å². The number of hydrogen-bond acceptors (Lipinski definition) is 4. The molecule has 4 heterocycles. The zero-order valence-electron chi connectivity index (χ0n) is 19.6. The Labute approximate surface area is 203 Å². The fourth-order valence-electron chi connectivity index (χ4n) is 5.59. The summed E-state index contributed by atoms with van der Waals surface area (Å²) < 4.78 is 7.67. The van der Waals surface area contributed by atoms with Crippen LogP contribution in [0.25, 0.3) is 10.9 Å². The number of benzene rings is 2. The van der Waals surface area contributed by atoms with E-state index in [1.165, 1.54) is 0 Å². The third-order valence-electron chi connectivity index (χ3n) is 7.18. The molecule has 6 rings (SSSR count). The average Bonchev–Trinajstić information content (AvgIpc) is 3.53. The van der Waals surface area contributed by atoms with Crippen LogP contribution in [-0.2, 0) is 22.6 Å². The van der Waals surface area contributed by atoms with Crippen LogP contribution in [0.3, 0.4) is 0 Å². The van der Waals surface area contributed by atoms with E-state index in [1.54, 1.807) is 29.4 Å². The number of H-pyrrole nitrogens is 1. The summed E-state index contributed by atoms with van der Waals surface area (Å²) in [7, 11) is 1.64. The van der Waals surface area contributed by atoms with Gasteiger partial charge in [-0.05, 0) is 24.1 Å². The molecule has 178 valence electrons. The van der Waals surface area contributed by atoms with Crippen molar-refractivity contribution in [2.45, 2.75) is 31.5 Å². The summed E-state index contributed by atoms with van der Waals surface area (Å²) in [5.74, 6) is 0.661. The van der Waals surface area contributed by atoms with E-state index in [9.17, 15) is 9.59 Å². The van der Waals surface area contributed by atoms with Gasteiger partial charge in [0.2, 0.25) is 11.8 Å². The molecule has 0 radical (unpaired) electrons. The predicted molar refractivity (Wildman–Crippen MR) is 131 cm³/mol. The van der Waals surface area contributed by atoms with Crippen molar-refractivity contribution >= 4 is 22.7 Å². The maximum Gasteiger partial charge on any atom is 0.246 e. The largest absolute Gasteiger partial charge is 0.496 e. The molecule has 2 atom stereocenters. The molecule has 8 nitrogen and oxygen atoms in total. The maximum absolute atomic E-state index is 13.8. The summed E-state index contributed by atoms with van der Waals surface area (Å²) in [5, 5.41) is 1.10. The summed E-state index contributed by atoms with van der Waals surface area (Å²) in [4.78, 5) is 38.6. The quantitative estimate of drug-likeness (QED) is 0.470. The van der Waals surface area contributed by atoms with E-state index < -0.39 is 12.1 Å². The molecule has 1 saturated heterocycles. The Morgan fingerprint density at radius 3 is 2.74 bits per heavy atom. The Kier molecular flexibility index (Phi) is 5.28. The van der Waals surface area contributed by atoms with Crippen molar-refractivity contribution < 1.29 is 14.3 Å². The van der Waals surface area contributed by atoms with Gasteiger partial charge in [0.1, 0.15) is 17.8 Å². The van der Waals surface area contributed by atoms with Crippen LogP contribution >= 0.6 is 0 Å². The summed E-state index contributed by atoms with van der Waals surface area (Å²) in [5.41, 5.74) is 3.94. The summed E-state index contributed by atoms with van der Waals surface area (Å²) in [6.07, 6.45) is 6.67. The summed E-state index contributed by atoms with van der Waals surface area (Å²) in [6.45, 7) is 1.37. The number of piperazine rings is 1. The first-order valence-electron chi connectivity index (χ1n) is 11.9. The number of hydrogen-bond donors (Lipinski definition) is 1. The topological polar surface area (TPSA) is 83.5 Å². The zero-order chi connectivity index (χ0) is 23.9. The molecular formula is C27H27N5O3. The highest BCUT2D eigenvalue weighted by atomic mass is 16.5. The highest BCUT2D eigenvalue weighted by molar-refractivity contribution is 5.97. The zero-order valence-corrected chi connectivity index (χ0v) is 19.6. The molecule has 2 aromatic carbocycles. The maximum atomic E-state index is 13.8. The fraction of sp³-hybridized carbons (Fsp3) is 0.296. The first kappa shape index (κ1) is 21.5. The lowest BCUT2D eigenvalue weighted by Crippen LogP contribution is -2.63. The van der Waals surface area contributed by atoms with Gasteiger partial charge in [-0.25, -0.2) is 4.98 Å². The summed E-state index contributed by atoms with van der Waals surface area (Å²) in [6, 6.07) is 14.9. The number of fused-ring (bicyclic) bond motifs is 4. The molecule has 2 aromatic heterocycles. The Morgan fingerprint density at radius 2 is 1.91 bits per heavy atom. The molecule has 1 N–H and O–H groups in total. The second kappa shape index (κ2) is 8.61. The number of nitrogens with one attached hydrogen (secondary N) is 1. The first-order valence-corrected chi connectivity index (χ1v) is 11.9. The molecule has 4 aromatic rings. The number of aromatic nitrogens is 3. The van der Waals surface area contributed by atoms with Crippen LogP contribution in [0.15, 0.2) is 67.3 Å². The van der Waals surface area contributed by atoms with Crippen molar-refractivity contribution in [3.63, 3.8) is 0 Å². The SMILES string of the molecule is COc1ccccc1[C@@H]1c2[nH]c3ccccc3c2C[C@H]2C(=O)N(CCCn3ccnc3)CC(=O)N12. The number of aryl methyl sites for hydroxylation is 1. The van der Waals surface area contributed by atoms with Gasteiger partial charge in [-0.2, -0.15) is 0 Å². The minimum absolute atomic E-state index is 0.00561. The number of para-hydroxylation sites is 2. The van der Waals surface area contributed by atoms with Crippen LogP contribution in [0.5, 0.6) is 5.75 Å². The number of nitrogens with zero attached hydrogens (tertiary/aromatic N) is 4. The van der Waals surface area contributed by atoms with Gasteiger partial charge in [0.15, 0.2) is 0 Å². The number of carbonyl (C=O) groups excluding carboxylic acids is 2. The molecule has 1 fully saturated rings. The smallest absolute Gasteiger partial charge is 0.246 e. The van der Waals surface area contributed by atoms with Gasteiger partial charge in [0.25, 0.3) is 0 Å². The second-order valence-electron chi connectivity index (χ2n) is 9.14. The molecule has 2 aliphatic heterocycles. The number of amides is 2. The van der Waals surface area contributed by atoms with Gasteiger partial charge < -0.3 is 24.1 Å². The number of rotatable bonds is 6. The lowest BCUT2D eigenvalue weighted by atomic mass is 9.86. The van der Waals surface area contributed by atoms with Gasteiger partial charge in [0.05, 0.1) is 20.0 Å². The molecule has 0 spiro atoms. The highest BCUT2D eigenvalue weighted by Crippen LogP contribution is 2.44. The van der Waals surface area contributed by atoms with Crippen LogP contribution in [0.4, 0.5) is 0 Å². The monoisotopic (exact) mass is 469 g/mol. The van der Waals surface area contributed by atoms with Crippen molar-refractivity contribution in [2.24, 2.45) is 0 Å². The lowest BCUT2D eigenvalue weighted by molar-refractivity contribution is -0.158. The minimum atomic E-state index is -0.550. The Balaban J connectivity index is 1.39. The van der Waals surface area contributed by atoms with Crippen LogP contribution in [0, 0.1) is 0 Å². The minimum Gasteiger partial charge on any atom is -0.496 e. The molecule has 2 aliphatic rings. The molecule has 0 saturated carbocycles. The van der Waals surface area contributed by atoms with Gasteiger partial charge in [0, 0.05) is 54.1 Å². The van der Waals surface area contributed by atoms with Crippen LogP contribution in [-0.4, -0.2) is 62.4 Å². The standard InChI is InChI=1S/C27H27N5O3/c1-35-23-10-5-3-8-19(23)26-25-20(18-7-2-4-9-21(18)29-25)15-22-27(34)31(16-24(33)32(22)26)13-6-12-30-14-11-28-17-30/h2-5,7-11,14,17,22,26,29H,6,12-13,15-16H2,1H3/t22-,26+/m0/s1. The van der Waals surface area contributed by atoms with Crippen LogP contribution in [0.1, 0.15) is 29.3 Å². The third kappa shape index (κ3) is 3.56.